The van der Waals surface area contributed by atoms with E-state index in [2.05, 4.69) is 9.53 Å². The number of rotatable bonds is 4. The van der Waals surface area contributed by atoms with Crippen molar-refractivity contribution in [2.24, 2.45) is 0 Å². The van der Waals surface area contributed by atoms with E-state index in [4.69, 9.17) is 5.53 Å². The molecule has 0 spiro atoms. The molecule has 0 aromatic heterocycles. The number of hydrogen-bond donors (Lipinski definition) is 1. The van der Waals surface area contributed by atoms with Gasteiger partial charge in [0.2, 0.25) is 5.78 Å². The van der Waals surface area contributed by atoms with E-state index in [9.17, 15) is 9.59 Å². The van der Waals surface area contributed by atoms with Crippen LogP contribution in [0.15, 0.2) is 24.3 Å². The highest BCUT2D eigenvalue weighted by molar-refractivity contribution is 6.25. The van der Waals surface area contributed by atoms with Crippen molar-refractivity contribution in [2.75, 3.05) is 7.11 Å². The first-order valence-corrected chi connectivity index (χ1v) is 4.57. The lowest BCUT2D eigenvalue weighted by atomic mass is 10.1. The summed E-state index contributed by atoms with van der Waals surface area (Å²) in [6, 6.07) is 6.52. The predicted octanol–water partition coefficient (Wildman–Crippen LogP) is 0.895. The molecule has 0 unspecified atom stereocenters. The van der Waals surface area contributed by atoms with Crippen LogP contribution in [0, 0.1) is 5.53 Å². The van der Waals surface area contributed by atoms with Crippen molar-refractivity contribution >= 4 is 18.0 Å². The molecule has 82 valence electrons. The lowest BCUT2D eigenvalue weighted by Crippen LogP contribution is -2.05. The van der Waals surface area contributed by atoms with Gasteiger partial charge in [0.1, 0.15) is 0 Å². The van der Waals surface area contributed by atoms with E-state index in [0.717, 1.165) is 11.8 Å². The Hall–Kier alpha value is -2.26. The van der Waals surface area contributed by atoms with Crippen LogP contribution >= 0.6 is 0 Å². The molecule has 0 aliphatic heterocycles. The molecule has 5 heteroatoms. The average Bonchev–Trinajstić information content (AvgIpc) is 2.29. The van der Waals surface area contributed by atoms with Gasteiger partial charge >= 0.3 is 12.2 Å². The number of hydrogen-bond acceptors (Lipinski definition) is 4. The first-order valence-electron chi connectivity index (χ1n) is 4.57. The fourth-order valence-corrected chi connectivity index (χ4v) is 1.20. The molecule has 16 heavy (non-hydrogen) atoms. The zero-order chi connectivity index (χ0) is 12.0. The summed E-state index contributed by atoms with van der Waals surface area (Å²) in [6.07, 6.45) is 1.12. The second-order valence-electron chi connectivity index (χ2n) is 3.09. The maximum absolute atomic E-state index is 11.1. The first kappa shape index (κ1) is 11.8. The number of esters is 1. The summed E-state index contributed by atoms with van der Waals surface area (Å²) in [5.74, 6) is -0.661. The van der Waals surface area contributed by atoms with Crippen molar-refractivity contribution in [3.63, 3.8) is 0 Å². The third-order valence-electron chi connectivity index (χ3n) is 1.96. The van der Waals surface area contributed by atoms with Crippen molar-refractivity contribution in [1.29, 1.82) is 5.53 Å². The Bertz CT molecular complexity index is 445. The van der Waals surface area contributed by atoms with Crippen molar-refractivity contribution in [1.82, 2.24) is 0 Å². The number of carbonyl (C=O) groups excluding carboxylic acids is 2. The van der Waals surface area contributed by atoms with Crippen LogP contribution in [0.1, 0.15) is 15.9 Å². The number of ketones is 1. The van der Waals surface area contributed by atoms with E-state index in [1.54, 1.807) is 24.3 Å². The number of Topliss-reactive ketones (excluding diaryl/α,β-unsaturated/α-hetero) is 1. The summed E-state index contributed by atoms with van der Waals surface area (Å²) in [5, 5.41) is 0. The summed E-state index contributed by atoms with van der Waals surface area (Å²) in [7, 11) is 1.31. The van der Waals surface area contributed by atoms with Gasteiger partial charge in [-0.2, -0.15) is 0 Å². The third-order valence-corrected chi connectivity index (χ3v) is 1.96. The van der Waals surface area contributed by atoms with E-state index in [-0.39, 0.29) is 12.2 Å². The summed E-state index contributed by atoms with van der Waals surface area (Å²) in [5.41, 5.74) is 7.70. The van der Waals surface area contributed by atoms with Gasteiger partial charge in [0.05, 0.1) is 23.0 Å². The van der Waals surface area contributed by atoms with Gasteiger partial charge in [0, 0.05) is 6.42 Å². The number of nitrogens with one attached hydrogen (secondary N) is 1. The van der Waals surface area contributed by atoms with Crippen LogP contribution < -0.4 is 0 Å². The molecule has 0 aliphatic rings. The second-order valence-corrected chi connectivity index (χ2v) is 3.09. The van der Waals surface area contributed by atoms with Crippen molar-refractivity contribution in [2.45, 2.75) is 6.42 Å². The summed E-state index contributed by atoms with van der Waals surface area (Å²) in [4.78, 5) is 25.1. The minimum Gasteiger partial charge on any atom is -0.465 e. The molecule has 0 saturated heterocycles. The molecule has 0 saturated carbocycles. The molecule has 0 atom stereocenters. The molecule has 0 radical (unpaired) electrons. The molecule has 1 aromatic carbocycles. The van der Waals surface area contributed by atoms with Crippen LogP contribution in [0.4, 0.5) is 0 Å². The monoisotopic (exact) mass is 219 g/mol. The average molecular weight is 219 g/mol. The zero-order valence-electron chi connectivity index (χ0n) is 8.77. The summed E-state index contributed by atoms with van der Waals surface area (Å²) in [6.45, 7) is 0. The lowest BCUT2D eigenvalue weighted by Gasteiger charge is -2.00. The smallest absolute Gasteiger partial charge is 0.372 e. The number of methoxy groups -OCH3 is 1. The maximum atomic E-state index is 11.1. The molecule has 0 heterocycles. The summed E-state index contributed by atoms with van der Waals surface area (Å²) >= 11 is 0. The van der Waals surface area contributed by atoms with E-state index >= 15 is 0 Å². The third kappa shape index (κ3) is 3.15. The van der Waals surface area contributed by atoms with Gasteiger partial charge in [0.25, 0.3) is 0 Å². The van der Waals surface area contributed by atoms with Crippen LogP contribution in [0.5, 0.6) is 0 Å². The van der Waals surface area contributed by atoms with Gasteiger partial charge in [-0.15, -0.1) is 0 Å². The van der Waals surface area contributed by atoms with Crippen LogP contribution in [-0.4, -0.2) is 29.9 Å². The predicted molar refractivity (Wildman–Crippen MR) is 55.5 cm³/mol. The van der Waals surface area contributed by atoms with Crippen molar-refractivity contribution in [3.8, 4) is 0 Å². The topological polar surface area (TPSA) is 81.3 Å². The highest BCUT2D eigenvalue weighted by Crippen LogP contribution is 2.06. The number of nitrogens with zero attached hydrogens (tertiary/aromatic N) is 1. The lowest BCUT2D eigenvalue weighted by molar-refractivity contribution is -0.130. The second kappa shape index (κ2) is 5.58. The molecular formula is C11H11N2O3+. The zero-order valence-corrected chi connectivity index (χ0v) is 8.77. The Labute approximate surface area is 92.3 Å². The van der Waals surface area contributed by atoms with Gasteiger partial charge in [-0.1, -0.05) is 12.1 Å². The molecule has 0 amide bonds. The van der Waals surface area contributed by atoms with Gasteiger partial charge in [-0.25, -0.2) is 4.79 Å². The molecule has 1 rings (SSSR count). The molecule has 1 N–H and O–H groups in total. The quantitative estimate of drug-likeness (QED) is 0.353. The number of carbonyl (C=O) groups is 2. The minimum absolute atomic E-state index is 0.170. The molecule has 0 fully saturated rings. The Balaban J connectivity index is 2.75. The van der Waals surface area contributed by atoms with Crippen LogP contribution in [0.2, 0.25) is 0 Å². The van der Waals surface area contributed by atoms with Crippen LogP contribution in [-0.2, 0) is 16.0 Å². The van der Waals surface area contributed by atoms with E-state index in [1.165, 1.54) is 7.11 Å². The van der Waals surface area contributed by atoms with E-state index in [0.29, 0.717) is 5.56 Å². The fraction of sp³-hybridized carbons (Fsp3) is 0.182. The number of benzene rings is 1. The van der Waals surface area contributed by atoms with Gasteiger partial charge in [-0.3, -0.25) is 4.79 Å². The van der Waals surface area contributed by atoms with Gasteiger partial charge < -0.3 is 4.74 Å². The Kier molecular flexibility index (Phi) is 4.12. The van der Waals surface area contributed by atoms with Crippen molar-refractivity contribution in [3.05, 3.63) is 35.4 Å². The highest BCUT2D eigenvalue weighted by Gasteiger charge is 2.08. The van der Waals surface area contributed by atoms with E-state index < -0.39 is 5.97 Å². The normalized spacial score (nSPS) is 9.06. The minimum atomic E-state index is -0.411. The summed E-state index contributed by atoms with van der Waals surface area (Å²) < 4.78 is 4.54. The van der Waals surface area contributed by atoms with Crippen LogP contribution in [0.3, 0.4) is 0 Å². The molecule has 0 bridgehead atoms. The molecule has 5 nitrogen and oxygen atoms in total. The van der Waals surface area contributed by atoms with Crippen molar-refractivity contribution < 1.29 is 19.1 Å². The maximum Gasteiger partial charge on any atom is 0.372 e. The number of ether oxygens (including phenoxy) is 1. The molecular weight excluding hydrogens is 208 g/mol. The van der Waals surface area contributed by atoms with E-state index in [1.807, 2.05) is 0 Å². The Morgan fingerprint density at radius 3 is 2.50 bits per heavy atom. The Morgan fingerprint density at radius 2 is 2.00 bits per heavy atom. The first-order chi connectivity index (χ1) is 7.67. The molecule has 1 aromatic rings. The fourth-order valence-electron chi connectivity index (χ4n) is 1.20. The standard InChI is InChI=1S/C11H11N2O3/c1-16-11(15)9-4-2-8(3-5-9)6-10(14)7-13-12/h2-5,7,12H,6H2,1H3/q+1. The SMILES string of the molecule is COC(=O)c1ccc(CC(=O)C=[N+]=N)cc1. The Morgan fingerprint density at radius 1 is 1.38 bits per heavy atom. The largest absolute Gasteiger partial charge is 0.465 e. The van der Waals surface area contributed by atoms with Crippen LogP contribution in [0.25, 0.3) is 0 Å². The van der Waals surface area contributed by atoms with Gasteiger partial charge in [-0.05, 0) is 17.7 Å². The van der Waals surface area contributed by atoms with Gasteiger partial charge in [0.15, 0.2) is 0 Å². The molecule has 0 aliphatic carbocycles. The highest BCUT2D eigenvalue weighted by atomic mass is 16.5.